The average molecular weight is 382 g/mol. The lowest BCUT2D eigenvalue weighted by Crippen LogP contribution is -2.12. The Hall–Kier alpha value is -3.08. The average Bonchev–Trinajstić information content (AvgIpc) is 2.75. The highest BCUT2D eigenvalue weighted by Crippen LogP contribution is 2.25. The number of carbonyl (C=O) groups excluding carboxylic acids is 2. The van der Waals surface area contributed by atoms with E-state index in [4.69, 9.17) is 14.2 Å². The summed E-state index contributed by atoms with van der Waals surface area (Å²) in [5, 5.41) is 0. The van der Waals surface area contributed by atoms with Crippen molar-refractivity contribution >= 4 is 17.8 Å². The third kappa shape index (κ3) is 5.71. The Kier molecular flexibility index (Phi) is 7.81. The second-order valence-electron chi connectivity index (χ2n) is 6.40. The van der Waals surface area contributed by atoms with Crippen LogP contribution < -0.4 is 9.47 Å². The van der Waals surface area contributed by atoms with E-state index in [1.807, 2.05) is 12.1 Å². The number of carbonyl (C=O) groups is 2. The fourth-order valence-corrected chi connectivity index (χ4v) is 2.62. The number of ketones is 1. The lowest BCUT2D eigenvalue weighted by molar-refractivity contribution is -0.136. The first-order valence-electron chi connectivity index (χ1n) is 9.18. The zero-order valence-corrected chi connectivity index (χ0v) is 16.7. The number of rotatable bonds is 9. The van der Waals surface area contributed by atoms with Gasteiger partial charge in [-0.15, -0.1) is 0 Å². The van der Waals surface area contributed by atoms with Crippen LogP contribution in [0.4, 0.5) is 0 Å². The van der Waals surface area contributed by atoms with E-state index in [9.17, 15) is 9.59 Å². The Bertz CT molecular complexity index is 837. The maximum atomic E-state index is 12.2. The van der Waals surface area contributed by atoms with Gasteiger partial charge in [-0.25, -0.2) is 4.79 Å². The molecule has 148 valence electrons. The van der Waals surface area contributed by atoms with Crippen molar-refractivity contribution in [1.82, 2.24) is 0 Å². The van der Waals surface area contributed by atoms with Gasteiger partial charge in [-0.1, -0.05) is 38.1 Å². The Morgan fingerprint density at radius 3 is 2.36 bits per heavy atom. The zero-order valence-electron chi connectivity index (χ0n) is 16.7. The summed E-state index contributed by atoms with van der Waals surface area (Å²) in [7, 11) is 3.10. The second kappa shape index (κ2) is 10.3. The number of hydrogen-bond acceptors (Lipinski definition) is 5. The first-order valence-corrected chi connectivity index (χ1v) is 9.18. The third-order valence-electron chi connectivity index (χ3n) is 4.60. The zero-order chi connectivity index (χ0) is 20.5. The van der Waals surface area contributed by atoms with Crippen LogP contribution in [0, 0.1) is 0 Å². The van der Waals surface area contributed by atoms with Gasteiger partial charge in [0.1, 0.15) is 11.5 Å². The minimum absolute atomic E-state index is 0.237. The van der Waals surface area contributed by atoms with Crippen LogP contribution in [0.1, 0.15) is 47.7 Å². The standard InChI is InChI=1S/C23H26O5/c1-5-16(2)17-6-8-18(9-7-17)21(24)15-28-23(25)13-11-19-10-12-20(26-3)14-22(19)27-4/h6-14,16H,5,15H2,1-4H3/b13-11+/t16-/m1/s1. The molecule has 0 saturated heterocycles. The topological polar surface area (TPSA) is 61.8 Å². The molecule has 0 aliphatic carbocycles. The number of methoxy groups -OCH3 is 2. The second-order valence-corrected chi connectivity index (χ2v) is 6.40. The van der Waals surface area contributed by atoms with E-state index in [1.165, 1.54) is 18.7 Å². The molecule has 0 radical (unpaired) electrons. The van der Waals surface area contributed by atoms with Crippen molar-refractivity contribution in [3.8, 4) is 11.5 Å². The van der Waals surface area contributed by atoms with Crippen molar-refractivity contribution in [2.75, 3.05) is 20.8 Å². The molecule has 0 saturated carbocycles. The van der Waals surface area contributed by atoms with Crippen LogP contribution in [-0.2, 0) is 9.53 Å². The number of benzene rings is 2. The van der Waals surface area contributed by atoms with E-state index in [2.05, 4.69) is 13.8 Å². The molecular weight excluding hydrogens is 356 g/mol. The molecule has 2 aromatic carbocycles. The van der Waals surface area contributed by atoms with Gasteiger partial charge in [0.2, 0.25) is 0 Å². The SMILES string of the molecule is CC[C@@H](C)c1ccc(C(=O)COC(=O)/C=C/c2ccc(OC)cc2OC)cc1. The minimum atomic E-state index is -0.595. The van der Waals surface area contributed by atoms with E-state index in [0.717, 1.165) is 6.42 Å². The first-order chi connectivity index (χ1) is 13.5. The van der Waals surface area contributed by atoms with Gasteiger partial charge in [0, 0.05) is 23.3 Å². The summed E-state index contributed by atoms with van der Waals surface area (Å²) in [6.45, 7) is 3.96. The molecule has 28 heavy (non-hydrogen) atoms. The number of Topliss-reactive ketones (excluding diaryl/α,β-unsaturated/α-hetero) is 1. The molecule has 2 rings (SSSR count). The number of esters is 1. The summed E-state index contributed by atoms with van der Waals surface area (Å²) in [4.78, 5) is 24.1. The summed E-state index contributed by atoms with van der Waals surface area (Å²) in [5.41, 5.74) is 2.42. The minimum Gasteiger partial charge on any atom is -0.497 e. The molecular formula is C23H26O5. The van der Waals surface area contributed by atoms with Gasteiger partial charge in [-0.2, -0.15) is 0 Å². The van der Waals surface area contributed by atoms with Crippen LogP contribution in [0.2, 0.25) is 0 Å². The molecule has 0 N–H and O–H groups in total. The van der Waals surface area contributed by atoms with Crippen LogP contribution in [0.25, 0.3) is 6.08 Å². The Balaban J connectivity index is 1.93. The van der Waals surface area contributed by atoms with Crippen LogP contribution in [0.3, 0.4) is 0 Å². The van der Waals surface area contributed by atoms with Crippen LogP contribution in [0.5, 0.6) is 11.5 Å². The molecule has 0 bridgehead atoms. The predicted octanol–water partition coefficient (Wildman–Crippen LogP) is 4.66. The fraction of sp³-hybridized carbons (Fsp3) is 0.304. The predicted molar refractivity (Wildman–Crippen MR) is 109 cm³/mol. The highest BCUT2D eigenvalue weighted by atomic mass is 16.5. The molecule has 0 fully saturated rings. The Morgan fingerprint density at radius 1 is 1.04 bits per heavy atom. The summed E-state index contributed by atoms with van der Waals surface area (Å²) in [5.74, 6) is 0.839. The molecule has 5 nitrogen and oxygen atoms in total. The Labute approximate surface area is 165 Å². The molecule has 0 unspecified atom stereocenters. The maximum Gasteiger partial charge on any atom is 0.331 e. The molecule has 0 aliphatic rings. The summed E-state index contributed by atoms with van der Waals surface area (Å²) in [6.07, 6.45) is 3.88. The van der Waals surface area contributed by atoms with Gasteiger partial charge in [0.25, 0.3) is 0 Å². The first kappa shape index (κ1) is 21.2. The monoisotopic (exact) mass is 382 g/mol. The van der Waals surface area contributed by atoms with Gasteiger partial charge in [-0.05, 0) is 36.1 Å². The van der Waals surface area contributed by atoms with Gasteiger partial charge in [0.05, 0.1) is 14.2 Å². The van der Waals surface area contributed by atoms with Gasteiger partial charge < -0.3 is 14.2 Å². The largest absolute Gasteiger partial charge is 0.497 e. The van der Waals surface area contributed by atoms with Crippen LogP contribution in [-0.4, -0.2) is 32.6 Å². The number of hydrogen-bond donors (Lipinski definition) is 0. The summed E-state index contributed by atoms with van der Waals surface area (Å²) >= 11 is 0. The third-order valence-corrected chi connectivity index (χ3v) is 4.60. The Morgan fingerprint density at radius 2 is 1.75 bits per heavy atom. The number of ether oxygens (including phenoxy) is 3. The van der Waals surface area contributed by atoms with E-state index >= 15 is 0 Å². The molecule has 0 aliphatic heterocycles. The van der Waals surface area contributed by atoms with Crippen molar-refractivity contribution in [3.05, 3.63) is 65.2 Å². The molecule has 0 aromatic heterocycles. The normalized spacial score (nSPS) is 11.9. The lowest BCUT2D eigenvalue weighted by Gasteiger charge is -2.09. The molecule has 0 spiro atoms. The van der Waals surface area contributed by atoms with Gasteiger partial charge in [-0.3, -0.25) is 4.79 Å². The van der Waals surface area contributed by atoms with E-state index in [-0.39, 0.29) is 12.4 Å². The highest BCUT2D eigenvalue weighted by Gasteiger charge is 2.10. The lowest BCUT2D eigenvalue weighted by atomic mass is 9.97. The van der Waals surface area contributed by atoms with E-state index < -0.39 is 5.97 Å². The molecule has 1 atom stereocenters. The van der Waals surface area contributed by atoms with Crippen molar-refractivity contribution in [1.29, 1.82) is 0 Å². The van der Waals surface area contributed by atoms with E-state index in [0.29, 0.717) is 28.5 Å². The quantitative estimate of drug-likeness (QED) is 0.359. The van der Waals surface area contributed by atoms with Gasteiger partial charge in [0.15, 0.2) is 12.4 Å². The summed E-state index contributed by atoms with van der Waals surface area (Å²) in [6, 6.07) is 12.7. The van der Waals surface area contributed by atoms with Crippen LogP contribution in [0.15, 0.2) is 48.5 Å². The summed E-state index contributed by atoms with van der Waals surface area (Å²) < 4.78 is 15.5. The highest BCUT2D eigenvalue weighted by molar-refractivity contribution is 5.99. The fourth-order valence-electron chi connectivity index (χ4n) is 2.62. The van der Waals surface area contributed by atoms with Crippen molar-refractivity contribution in [3.63, 3.8) is 0 Å². The van der Waals surface area contributed by atoms with Crippen LogP contribution >= 0.6 is 0 Å². The molecule has 0 amide bonds. The molecule has 0 heterocycles. The van der Waals surface area contributed by atoms with E-state index in [1.54, 1.807) is 43.5 Å². The molecule has 2 aromatic rings. The smallest absolute Gasteiger partial charge is 0.331 e. The van der Waals surface area contributed by atoms with Crippen molar-refractivity contribution < 1.29 is 23.8 Å². The van der Waals surface area contributed by atoms with Crippen molar-refractivity contribution in [2.45, 2.75) is 26.2 Å². The van der Waals surface area contributed by atoms with Crippen molar-refractivity contribution in [2.24, 2.45) is 0 Å². The van der Waals surface area contributed by atoms with Gasteiger partial charge >= 0.3 is 5.97 Å². The maximum absolute atomic E-state index is 12.2. The molecule has 5 heteroatoms.